The van der Waals surface area contributed by atoms with Crippen molar-refractivity contribution in [3.8, 4) is 0 Å². The van der Waals surface area contributed by atoms with Gasteiger partial charge in [0.2, 0.25) is 0 Å². The maximum absolute atomic E-state index is 13.1. The maximum Gasteiger partial charge on any atom is 0.144 e. The van der Waals surface area contributed by atoms with Crippen LogP contribution in [-0.4, -0.2) is 10.5 Å². The third kappa shape index (κ3) is 2.04. The van der Waals surface area contributed by atoms with Crippen LogP contribution >= 0.6 is 0 Å². The lowest BCUT2D eigenvalue weighted by atomic mass is 10.1. The van der Waals surface area contributed by atoms with E-state index >= 15 is 0 Å². The zero-order chi connectivity index (χ0) is 9.31. The van der Waals surface area contributed by atoms with E-state index in [2.05, 4.69) is 4.98 Å². The lowest BCUT2D eigenvalue weighted by Crippen LogP contribution is -2.22. The molecular formula is C10H13FN2. The normalized spacial score (nSPS) is 18.6. The van der Waals surface area contributed by atoms with Crippen molar-refractivity contribution in [2.45, 2.75) is 31.2 Å². The van der Waals surface area contributed by atoms with Crippen molar-refractivity contribution in [1.82, 2.24) is 4.98 Å². The molecule has 0 aliphatic heterocycles. The van der Waals surface area contributed by atoms with Crippen LogP contribution in [0.2, 0.25) is 0 Å². The second kappa shape index (κ2) is 3.07. The van der Waals surface area contributed by atoms with Crippen LogP contribution in [0, 0.1) is 5.82 Å². The van der Waals surface area contributed by atoms with Crippen molar-refractivity contribution < 1.29 is 4.39 Å². The molecular weight excluding hydrogens is 167 g/mol. The summed E-state index contributed by atoms with van der Waals surface area (Å²) in [6.07, 6.45) is 6.65. The van der Waals surface area contributed by atoms with Gasteiger partial charge in [-0.3, -0.25) is 4.98 Å². The highest BCUT2D eigenvalue weighted by Gasteiger charge is 2.37. The average molecular weight is 180 g/mol. The fourth-order valence-corrected chi connectivity index (χ4v) is 1.40. The summed E-state index contributed by atoms with van der Waals surface area (Å²) in [5.74, 6) is -0.216. The van der Waals surface area contributed by atoms with E-state index in [4.69, 9.17) is 5.73 Å². The highest BCUT2D eigenvalue weighted by molar-refractivity contribution is 5.14. The van der Waals surface area contributed by atoms with Gasteiger partial charge < -0.3 is 5.73 Å². The number of rotatable bonds is 3. The van der Waals surface area contributed by atoms with Gasteiger partial charge in [0.1, 0.15) is 5.82 Å². The Kier molecular flexibility index (Phi) is 2.04. The average Bonchev–Trinajstić information content (AvgIpc) is 2.83. The second-order valence-corrected chi connectivity index (χ2v) is 3.83. The monoisotopic (exact) mass is 180 g/mol. The molecule has 0 saturated heterocycles. The molecule has 1 aliphatic rings. The van der Waals surface area contributed by atoms with E-state index < -0.39 is 0 Å². The first-order valence-corrected chi connectivity index (χ1v) is 4.57. The number of halogens is 1. The molecule has 1 aromatic heterocycles. The van der Waals surface area contributed by atoms with E-state index in [0.717, 1.165) is 31.2 Å². The van der Waals surface area contributed by atoms with Gasteiger partial charge in [0, 0.05) is 11.7 Å². The van der Waals surface area contributed by atoms with Crippen LogP contribution in [0.5, 0.6) is 0 Å². The van der Waals surface area contributed by atoms with Crippen LogP contribution < -0.4 is 5.73 Å². The smallest absolute Gasteiger partial charge is 0.144 e. The molecule has 13 heavy (non-hydrogen) atoms. The molecule has 1 aromatic rings. The first-order chi connectivity index (χ1) is 6.20. The Bertz CT molecular complexity index is 308. The third-order valence-corrected chi connectivity index (χ3v) is 2.64. The maximum atomic E-state index is 13.1. The first-order valence-electron chi connectivity index (χ1n) is 4.57. The fourth-order valence-electron chi connectivity index (χ4n) is 1.40. The van der Waals surface area contributed by atoms with Gasteiger partial charge in [0.25, 0.3) is 0 Å². The Labute approximate surface area is 77.0 Å². The van der Waals surface area contributed by atoms with Gasteiger partial charge >= 0.3 is 0 Å². The fraction of sp³-hybridized carbons (Fsp3) is 0.500. The summed E-state index contributed by atoms with van der Waals surface area (Å²) in [7, 11) is 0. The zero-order valence-electron chi connectivity index (χ0n) is 7.46. The summed E-state index contributed by atoms with van der Waals surface area (Å²) in [6.45, 7) is 0. The minimum Gasteiger partial charge on any atom is -0.325 e. The predicted molar refractivity (Wildman–Crippen MR) is 48.7 cm³/mol. The lowest BCUT2D eigenvalue weighted by Gasteiger charge is -2.07. The number of nitrogens with two attached hydrogens (primary N) is 1. The van der Waals surface area contributed by atoms with Crippen molar-refractivity contribution >= 4 is 0 Å². The van der Waals surface area contributed by atoms with Gasteiger partial charge in [-0.2, -0.15) is 0 Å². The van der Waals surface area contributed by atoms with Crippen LogP contribution in [0.15, 0.2) is 18.5 Å². The quantitative estimate of drug-likeness (QED) is 0.768. The van der Waals surface area contributed by atoms with E-state index in [1.165, 1.54) is 6.20 Å². The van der Waals surface area contributed by atoms with E-state index in [-0.39, 0.29) is 11.4 Å². The molecule has 3 heteroatoms. The Balaban J connectivity index is 1.97. The topological polar surface area (TPSA) is 38.9 Å². The van der Waals surface area contributed by atoms with Crippen molar-refractivity contribution in [3.63, 3.8) is 0 Å². The minimum absolute atomic E-state index is 0.00963. The minimum atomic E-state index is -0.216. The number of aromatic nitrogens is 1. The molecule has 1 fully saturated rings. The molecule has 0 bridgehead atoms. The van der Waals surface area contributed by atoms with Gasteiger partial charge in [-0.05, 0) is 37.3 Å². The number of nitrogens with zero attached hydrogens (tertiary/aromatic N) is 1. The SMILES string of the molecule is NC1(CCc2ccncc2F)CC1. The predicted octanol–water partition coefficient (Wildman–Crippen LogP) is 1.64. The lowest BCUT2D eigenvalue weighted by molar-refractivity contribution is 0.567. The molecule has 2 N–H and O–H groups in total. The molecule has 2 nitrogen and oxygen atoms in total. The van der Waals surface area contributed by atoms with E-state index in [0.29, 0.717) is 0 Å². The number of pyridine rings is 1. The van der Waals surface area contributed by atoms with Crippen molar-refractivity contribution in [2.75, 3.05) is 0 Å². The molecule has 70 valence electrons. The summed E-state index contributed by atoms with van der Waals surface area (Å²) in [5.41, 5.74) is 6.64. The zero-order valence-corrected chi connectivity index (χ0v) is 7.46. The highest BCUT2D eigenvalue weighted by Crippen LogP contribution is 2.36. The molecule has 0 spiro atoms. The van der Waals surface area contributed by atoms with E-state index in [1.807, 2.05) is 0 Å². The van der Waals surface area contributed by atoms with Crippen molar-refractivity contribution in [3.05, 3.63) is 29.8 Å². The molecule has 1 aliphatic carbocycles. The number of aryl methyl sites for hydroxylation is 1. The second-order valence-electron chi connectivity index (χ2n) is 3.83. The van der Waals surface area contributed by atoms with Gasteiger partial charge in [0.05, 0.1) is 6.20 Å². The van der Waals surface area contributed by atoms with Crippen LogP contribution in [0.25, 0.3) is 0 Å². The molecule has 1 heterocycles. The first kappa shape index (κ1) is 8.63. The number of hydrogen-bond acceptors (Lipinski definition) is 2. The van der Waals surface area contributed by atoms with Crippen LogP contribution in [0.4, 0.5) is 4.39 Å². The summed E-state index contributed by atoms with van der Waals surface area (Å²) < 4.78 is 13.1. The molecule has 0 aromatic carbocycles. The Morgan fingerprint density at radius 3 is 2.92 bits per heavy atom. The summed E-state index contributed by atoms with van der Waals surface area (Å²) in [5, 5.41) is 0. The standard InChI is InChI=1S/C10H13FN2/c11-9-7-13-6-2-8(9)1-3-10(12)4-5-10/h2,6-7H,1,3-5,12H2. The van der Waals surface area contributed by atoms with Gasteiger partial charge in [0.15, 0.2) is 0 Å². The van der Waals surface area contributed by atoms with Crippen LogP contribution in [-0.2, 0) is 6.42 Å². The summed E-state index contributed by atoms with van der Waals surface area (Å²) in [6, 6.07) is 1.72. The van der Waals surface area contributed by atoms with Crippen molar-refractivity contribution in [1.29, 1.82) is 0 Å². The molecule has 0 radical (unpaired) electrons. The van der Waals surface area contributed by atoms with Crippen LogP contribution in [0.1, 0.15) is 24.8 Å². The number of hydrogen-bond donors (Lipinski definition) is 1. The molecule has 1 saturated carbocycles. The summed E-state index contributed by atoms with van der Waals surface area (Å²) in [4.78, 5) is 3.70. The van der Waals surface area contributed by atoms with Gasteiger partial charge in [-0.25, -0.2) is 4.39 Å². The third-order valence-electron chi connectivity index (χ3n) is 2.64. The Morgan fingerprint density at radius 1 is 1.54 bits per heavy atom. The van der Waals surface area contributed by atoms with Crippen LogP contribution in [0.3, 0.4) is 0 Å². The molecule has 0 unspecified atom stereocenters. The van der Waals surface area contributed by atoms with Gasteiger partial charge in [-0.1, -0.05) is 0 Å². The van der Waals surface area contributed by atoms with E-state index in [1.54, 1.807) is 12.3 Å². The largest absolute Gasteiger partial charge is 0.325 e. The summed E-state index contributed by atoms with van der Waals surface area (Å²) >= 11 is 0. The van der Waals surface area contributed by atoms with Gasteiger partial charge in [-0.15, -0.1) is 0 Å². The molecule has 0 amide bonds. The molecule has 2 rings (SSSR count). The highest BCUT2D eigenvalue weighted by atomic mass is 19.1. The van der Waals surface area contributed by atoms with Crippen molar-refractivity contribution in [2.24, 2.45) is 5.73 Å². The van der Waals surface area contributed by atoms with E-state index in [9.17, 15) is 4.39 Å². The Morgan fingerprint density at radius 2 is 2.31 bits per heavy atom. The molecule has 0 atom stereocenters. The Hall–Kier alpha value is -0.960.